The summed E-state index contributed by atoms with van der Waals surface area (Å²) in [6, 6.07) is 17.7. The zero-order valence-corrected chi connectivity index (χ0v) is 14.0. The van der Waals surface area contributed by atoms with E-state index in [1.165, 1.54) is 0 Å². The van der Waals surface area contributed by atoms with Gasteiger partial charge in [0, 0.05) is 23.5 Å². The molecule has 0 saturated carbocycles. The van der Waals surface area contributed by atoms with Gasteiger partial charge >= 0.3 is 0 Å². The van der Waals surface area contributed by atoms with Gasteiger partial charge in [0.2, 0.25) is 5.78 Å². The minimum absolute atomic E-state index is 0.666. The summed E-state index contributed by atoms with van der Waals surface area (Å²) in [6.07, 6.45) is 3.72. The quantitative estimate of drug-likeness (QED) is 0.565. The van der Waals surface area contributed by atoms with Gasteiger partial charge in [-0.25, -0.2) is 9.97 Å². The van der Waals surface area contributed by atoms with Crippen molar-refractivity contribution in [1.29, 1.82) is 0 Å². The third-order valence-electron chi connectivity index (χ3n) is 4.13. The molecule has 0 N–H and O–H groups in total. The second kappa shape index (κ2) is 6.28. The first-order valence-corrected chi connectivity index (χ1v) is 7.92. The van der Waals surface area contributed by atoms with Crippen molar-refractivity contribution in [3.8, 4) is 34.0 Å². The fourth-order valence-corrected chi connectivity index (χ4v) is 2.86. The molecule has 0 atom stereocenters. The lowest BCUT2D eigenvalue weighted by Crippen LogP contribution is -1.91. The molecule has 2 aromatic carbocycles. The lowest BCUT2D eigenvalue weighted by atomic mass is 10.0. The van der Waals surface area contributed by atoms with Crippen molar-refractivity contribution < 1.29 is 9.47 Å². The van der Waals surface area contributed by atoms with Crippen molar-refractivity contribution in [3.63, 3.8) is 0 Å². The van der Waals surface area contributed by atoms with E-state index in [-0.39, 0.29) is 0 Å². The maximum absolute atomic E-state index is 5.27. The summed E-state index contributed by atoms with van der Waals surface area (Å²) >= 11 is 0. The zero-order chi connectivity index (χ0) is 17.2. The van der Waals surface area contributed by atoms with E-state index in [1.54, 1.807) is 20.4 Å². The topological polar surface area (TPSA) is 48.7 Å². The van der Waals surface area contributed by atoms with Crippen LogP contribution < -0.4 is 9.47 Å². The van der Waals surface area contributed by atoms with Crippen LogP contribution in [0.15, 0.2) is 67.0 Å². The van der Waals surface area contributed by atoms with Crippen LogP contribution in [-0.4, -0.2) is 28.6 Å². The Morgan fingerprint density at radius 2 is 1.40 bits per heavy atom. The number of rotatable bonds is 4. The predicted molar refractivity (Wildman–Crippen MR) is 97.0 cm³/mol. The van der Waals surface area contributed by atoms with Crippen molar-refractivity contribution in [2.45, 2.75) is 0 Å². The summed E-state index contributed by atoms with van der Waals surface area (Å²) in [4.78, 5) is 9.12. The number of benzene rings is 2. The number of methoxy groups -OCH3 is 2. The molecule has 2 heterocycles. The van der Waals surface area contributed by atoms with Gasteiger partial charge in [-0.3, -0.25) is 4.40 Å². The highest BCUT2D eigenvalue weighted by molar-refractivity contribution is 5.81. The molecule has 0 aliphatic rings. The Balaban J connectivity index is 1.93. The molecule has 4 rings (SSSR count). The fraction of sp³-hybridized carbons (Fsp3) is 0.100. The molecule has 0 amide bonds. The van der Waals surface area contributed by atoms with Gasteiger partial charge < -0.3 is 9.47 Å². The summed E-state index contributed by atoms with van der Waals surface area (Å²) in [5.74, 6) is 2.30. The van der Waals surface area contributed by atoms with Crippen LogP contribution in [0.5, 0.6) is 11.5 Å². The summed E-state index contributed by atoms with van der Waals surface area (Å²) in [7, 11) is 3.32. The Labute approximate surface area is 145 Å². The maximum atomic E-state index is 5.27. The van der Waals surface area contributed by atoms with Crippen LogP contribution in [0.1, 0.15) is 0 Å². The molecule has 0 radical (unpaired) electrons. The first kappa shape index (κ1) is 15.2. The average Bonchev–Trinajstić information content (AvgIpc) is 3.07. The van der Waals surface area contributed by atoms with Crippen LogP contribution in [0.2, 0.25) is 0 Å². The van der Waals surface area contributed by atoms with Gasteiger partial charge in [0.15, 0.2) is 0 Å². The van der Waals surface area contributed by atoms with Gasteiger partial charge in [0.25, 0.3) is 0 Å². The van der Waals surface area contributed by atoms with Crippen LogP contribution in [0.25, 0.3) is 28.3 Å². The van der Waals surface area contributed by atoms with E-state index in [0.717, 1.165) is 34.0 Å². The second-order valence-corrected chi connectivity index (χ2v) is 5.56. The van der Waals surface area contributed by atoms with Crippen molar-refractivity contribution in [2.24, 2.45) is 0 Å². The Hall–Kier alpha value is -3.34. The number of hydrogen-bond donors (Lipinski definition) is 0. The van der Waals surface area contributed by atoms with E-state index in [4.69, 9.17) is 14.5 Å². The van der Waals surface area contributed by atoms with Crippen LogP contribution >= 0.6 is 0 Å². The molecule has 5 heteroatoms. The molecule has 2 aromatic heterocycles. The Kier molecular flexibility index (Phi) is 3.82. The molecule has 0 bridgehead atoms. The summed E-state index contributed by atoms with van der Waals surface area (Å²) in [6.45, 7) is 0. The summed E-state index contributed by atoms with van der Waals surface area (Å²) in [5.41, 5.74) is 3.94. The largest absolute Gasteiger partial charge is 0.497 e. The second-order valence-electron chi connectivity index (χ2n) is 5.56. The number of imidazole rings is 1. The monoisotopic (exact) mass is 331 g/mol. The standard InChI is InChI=1S/C20H17N3O2/c1-24-16-8-4-14(5-9-16)18-19(15-6-10-17(25-2)11-7-15)23-13-3-12-21-20(23)22-18/h3-13H,1-2H3. The first-order chi connectivity index (χ1) is 12.3. The number of hydrogen-bond acceptors (Lipinski definition) is 4. The summed E-state index contributed by atoms with van der Waals surface area (Å²) < 4.78 is 12.5. The van der Waals surface area contributed by atoms with Gasteiger partial charge in [-0.15, -0.1) is 0 Å². The average molecular weight is 331 g/mol. The molecule has 0 aliphatic carbocycles. The van der Waals surface area contributed by atoms with E-state index < -0.39 is 0 Å². The zero-order valence-electron chi connectivity index (χ0n) is 14.0. The van der Waals surface area contributed by atoms with Crippen LogP contribution in [0.4, 0.5) is 0 Å². The number of fused-ring (bicyclic) bond motifs is 1. The van der Waals surface area contributed by atoms with Crippen LogP contribution in [0.3, 0.4) is 0 Å². The predicted octanol–water partition coefficient (Wildman–Crippen LogP) is 4.08. The molecule has 5 nitrogen and oxygen atoms in total. The minimum atomic E-state index is 0.666. The van der Waals surface area contributed by atoms with Gasteiger partial charge in [-0.1, -0.05) is 0 Å². The smallest absolute Gasteiger partial charge is 0.234 e. The number of ether oxygens (including phenoxy) is 2. The molecule has 4 aromatic rings. The van der Waals surface area contributed by atoms with E-state index in [2.05, 4.69) is 4.98 Å². The molecular weight excluding hydrogens is 314 g/mol. The molecule has 124 valence electrons. The fourth-order valence-electron chi connectivity index (χ4n) is 2.86. The van der Waals surface area contributed by atoms with Crippen molar-refractivity contribution in [1.82, 2.24) is 14.4 Å². The molecule has 25 heavy (non-hydrogen) atoms. The van der Waals surface area contributed by atoms with E-state index in [0.29, 0.717) is 5.78 Å². The number of nitrogens with zero attached hydrogens (tertiary/aromatic N) is 3. The number of aromatic nitrogens is 3. The normalized spacial score (nSPS) is 10.8. The maximum Gasteiger partial charge on any atom is 0.234 e. The highest BCUT2D eigenvalue weighted by Gasteiger charge is 2.16. The third-order valence-corrected chi connectivity index (χ3v) is 4.13. The molecule has 0 saturated heterocycles. The SMILES string of the molecule is COc1ccc(-c2nc3ncccn3c2-c2ccc(OC)cc2)cc1. The molecule has 0 unspecified atom stereocenters. The first-order valence-electron chi connectivity index (χ1n) is 7.92. The van der Waals surface area contributed by atoms with Crippen molar-refractivity contribution in [3.05, 3.63) is 67.0 Å². The van der Waals surface area contributed by atoms with Gasteiger partial charge in [-0.2, -0.15) is 0 Å². The van der Waals surface area contributed by atoms with Crippen molar-refractivity contribution in [2.75, 3.05) is 14.2 Å². The molecule has 0 fully saturated rings. The van der Waals surface area contributed by atoms with E-state index in [1.807, 2.05) is 65.2 Å². The summed E-state index contributed by atoms with van der Waals surface area (Å²) in [5, 5.41) is 0. The molecule has 0 spiro atoms. The minimum Gasteiger partial charge on any atom is -0.497 e. The molecule has 0 aliphatic heterocycles. The lowest BCUT2D eigenvalue weighted by Gasteiger charge is -2.07. The van der Waals surface area contributed by atoms with Gasteiger partial charge in [0.05, 0.1) is 25.6 Å². The molecular formula is C20H17N3O2. The Morgan fingerprint density at radius 3 is 2.00 bits per heavy atom. The van der Waals surface area contributed by atoms with E-state index in [9.17, 15) is 0 Å². The van der Waals surface area contributed by atoms with E-state index >= 15 is 0 Å². The van der Waals surface area contributed by atoms with Crippen LogP contribution in [-0.2, 0) is 0 Å². The van der Waals surface area contributed by atoms with Crippen molar-refractivity contribution >= 4 is 5.78 Å². The lowest BCUT2D eigenvalue weighted by molar-refractivity contribution is 0.414. The highest BCUT2D eigenvalue weighted by atomic mass is 16.5. The third kappa shape index (κ3) is 2.70. The van der Waals surface area contributed by atoms with Gasteiger partial charge in [-0.05, 0) is 54.6 Å². The Morgan fingerprint density at radius 1 is 0.800 bits per heavy atom. The Bertz CT molecular complexity index is 1010. The highest BCUT2D eigenvalue weighted by Crippen LogP contribution is 2.33. The van der Waals surface area contributed by atoms with Gasteiger partial charge in [0.1, 0.15) is 11.5 Å². The van der Waals surface area contributed by atoms with Crippen LogP contribution in [0, 0.1) is 0 Å².